The first-order chi connectivity index (χ1) is 12.3. The zero-order valence-electron chi connectivity index (χ0n) is 15.4. The number of anilines is 1. The molecule has 0 fully saturated rings. The van der Waals surface area contributed by atoms with Crippen molar-refractivity contribution >= 4 is 28.8 Å². The highest BCUT2D eigenvalue weighted by molar-refractivity contribution is 7.09. The number of amides is 2. The molecule has 3 rings (SSSR count). The molecule has 6 nitrogen and oxygen atoms in total. The van der Waals surface area contributed by atoms with E-state index in [1.165, 1.54) is 11.3 Å². The van der Waals surface area contributed by atoms with Crippen molar-refractivity contribution in [3.63, 3.8) is 0 Å². The standard InChI is InChI=1S/C19H23N3O3S/c1-11(2)13(4)20-19(24)14-10-26-17(21-14)8-22-15-6-5-12(3)7-16(15)25-9-18(22)23/h5-7,10-11,13H,8-9H2,1-4H3,(H,20,24). The number of benzene rings is 1. The first-order valence-electron chi connectivity index (χ1n) is 8.64. The van der Waals surface area contributed by atoms with Gasteiger partial charge >= 0.3 is 0 Å². The molecule has 2 amide bonds. The minimum atomic E-state index is -0.182. The number of rotatable bonds is 5. The second-order valence-corrected chi connectivity index (χ2v) is 7.82. The van der Waals surface area contributed by atoms with Crippen molar-refractivity contribution in [3.8, 4) is 5.75 Å². The second-order valence-electron chi connectivity index (χ2n) is 6.87. The van der Waals surface area contributed by atoms with Crippen molar-refractivity contribution < 1.29 is 14.3 Å². The number of fused-ring (bicyclic) bond motifs is 1. The lowest BCUT2D eigenvalue weighted by atomic mass is 10.1. The highest BCUT2D eigenvalue weighted by Gasteiger charge is 2.27. The number of aromatic nitrogens is 1. The maximum Gasteiger partial charge on any atom is 0.270 e. The van der Waals surface area contributed by atoms with Crippen LogP contribution in [0.4, 0.5) is 5.69 Å². The first kappa shape index (κ1) is 18.4. The molecule has 1 aliphatic rings. The summed E-state index contributed by atoms with van der Waals surface area (Å²) in [7, 11) is 0. The third kappa shape index (κ3) is 3.88. The molecular weight excluding hydrogens is 350 g/mol. The summed E-state index contributed by atoms with van der Waals surface area (Å²) < 4.78 is 5.52. The zero-order chi connectivity index (χ0) is 18.8. The van der Waals surface area contributed by atoms with E-state index >= 15 is 0 Å². The fourth-order valence-corrected chi connectivity index (χ4v) is 3.32. The van der Waals surface area contributed by atoms with Gasteiger partial charge < -0.3 is 10.1 Å². The van der Waals surface area contributed by atoms with E-state index in [0.29, 0.717) is 28.9 Å². The molecule has 138 valence electrons. The average molecular weight is 373 g/mol. The van der Waals surface area contributed by atoms with Crippen molar-refractivity contribution in [2.75, 3.05) is 11.5 Å². The highest BCUT2D eigenvalue weighted by atomic mass is 32.1. The van der Waals surface area contributed by atoms with Crippen LogP contribution in [0.1, 0.15) is 41.8 Å². The molecule has 0 aliphatic carbocycles. The Morgan fingerprint density at radius 1 is 1.38 bits per heavy atom. The SMILES string of the molecule is Cc1ccc2c(c1)OCC(=O)N2Cc1nc(C(=O)NC(C)C(C)C)cs1. The Bertz CT molecular complexity index is 831. The molecule has 7 heteroatoms. The number of thiazole rings is 1. The van der Waals surface area contributed by atoms with Gasteiger partial charge in [-0.25, -0.2) is 4.98 Å². The summed E-state index contributed by atoms with van der Waals surface area (Å²) in [5.74, 6) is 0.752. The third-order valence-corrected chi connectivity index (χ3v) is 5.33. The van der Waals surface area contributed by atoms with E-state index in [4.69, 9.17) is 4.74 Å². The van der Waals surface area contributed by atoms with Gasteiger partial charge in [0.15, 0.2) is 6.61 Å². The first-order valence-corrected chi connectivity index (χ1v) is 9.52. The van der Waals surface area contributed by atoms with E-state index in [0.717, 1.165) is 11.3 Å². The number of carbonyl (C=O) groups excluding carboxylic acids is 2. The van der Waals surface area contributed by atoms with E-state index in [-0.39, 0.29) is 24.5 Å². The van der Waals surface area contributed by atoms with E-state index in [9.17, 15) is 9.59 Å². The predicted octanol–water partition coefficient (Wildman–Crippen LogP) is 3.15. The summed E-state index contributed by atoms with van der Waals surface area (Å²) in [5.41, 5.74) is 2.20. The summed E-state index contributed by atoms with van der Waals surface area (Å²) in [6.45, 7) is 8.41. The topological polar surface area (TPSA) is 71.5 Å². The molecule has 1 N–H and O–H groups in total. The van der Waals surface area contributed by atoms with Crippen molar-refractivity contribution in [3.05, 3.63) is 39.8 Å². The van der Waals surface area contributed by atoms with Crippen LogP contribution in [0, 0.1) is 12.8 Å². The highest BCUT2D eigenvalue weighted by Crippen LogP contribution is 2.34. The smallest absolute Gasteiger partial charge is 0.270 e. The Balaban J connectivity index is 1.75. The summed E-state index contributed by atoms with van der Waals surface area (Å²) >= 11 is 1.38. The molecule has 0 radical (unpaired) electrons. The number of nitrogens with zero attached hydrogens (tertiary/aromatic N) is 2. The molecule has 2 heterocycles. The Labute approximate surface area is 157 Å². The van der Waals surface area contributed by atoms with Crippen LogP contribution >= 0.6 is 11.3 Å². The average Bonchev–Trinajstić information content (AvgIpc) is 3.06. The normalized spacial score (nSPS) is 14.8. The van der Waals surface area contributed by atoms with Crippen LogP contribution in [0.25, 0.3) is 0 Å². The summed E-state index contributed by atoms with van der Waals surface area (Å²) in [6, 6.07) is 5.82. The quantitative estimate of drug-likeness (QED) is 0.874. The van der Waals surface area contributed by atoms with Crippen LogP contribution < -0.4 is 15.0 Å². The fraction of sp³-hybridized carbons (Fsp3) is 0.421. The summed E-state index contributed by atoms with van der Waals surface area (Å²) in [4.78, 5) is 30.7. The number of nitrogens with one attached hydrogen (secondary N) is 1. The summed E-state index contributed by atoms with van der Waals surface area (Å²) in [6.07, 6.45) is 0. The van der Waals surface area contributed by atoms with Crippen LogP contribution in [0.15, 0.2) is 23.6 Å². The van der Waals surface area contributed by atoms with Gasteiger partial charge in [0.25, 0.3) is 11.8 Å². The molecule has 2 aromatic rings. The van der Waals surface area contributed by atoms with Gasteiger partial charge in [-0.05, 0) is 37.5 Å². The summed E-state index contributed by atoms with van der Waals surface area (Å²) in [5, 5.41) is 5.40. The van der Waals surface area contributed by atoms with Gasteiger partial charge in [0.05, 0.1) is 12.2 Å². The number of hydrogen-bond donors (Lipinski definition) is 1. The lowest BCUT2D eigenvalue weighted by molar-refractivity contribution is -0.121. The molecule has 1 aliphatic heterocycles. The van der Waals surface area contributed by atoms with Crippen LogP contribution in [0.5, 0.6) is 5.75 Å². The van der Waals surface area contributed by atoms with Gasteiger partial charge in [-0.3, -0.25) is 14.5 Å². The Hall–Kier alpha value is -2.41. The molecule has 0 saturated carbocycles. The minimum absolute atomic E-state index is 0.0150. The maximum atomic E-state index is 12.3. The Kier molecular flexibility index (Phi) is 5.27. The molecule has 0 spiro atoms. The molecule has 0 bridgehead atoms. The van der Waals surface area contributed by atoms with Gasteiger partial charge in [0.1, 0.15) is 16.5 Å². The van der Waals surface area contributed by atoms with Gasteiger partial charge in [-0.1, -0.05) is 19.9 Å². The van der Waals surface area contributed by atoms with Gasteiger partial charge in [0, 0.05) is 11.4 Å². The van der Waals surface area contributed by atoms with Crippen LogP contribution in [0.2, 0.25) is 0 Å². The lowest BCUT2D eigenvalue weighted by Crippen LogP contribution is -2.38. The minimum Gasteiger partial charge on any atom is -0.482 e. The molecule has 1 unspecified atom stereocenters. The predicted molar refractivity (Wildman–Crippen MR) is 102 cm³/mol. The van der Waals surface area contributed by atoms with Gasteiger partial charge in [-0.2, -0.15) is 0 Å². The largest absolute Gasteiger partial charge is 0.482 e. The number of hydrogen-bond acceptors (Lipinski definition) is 5. The zero-order valence-corrected chi connectivity index (χ0v) is 16.2. The van der Waals surface area contributed by atoms with Crippen molar-refractivity contribution in [1.29, 1.82) is 0 Å². The van der Waals surface area contributed by atoms with Gasteiger partial charge in [0.2, 0.25) is 0 Å². The van der Waals surface area contributed by atoms with Gasteiger partial charge in [-0.15, -0.1) is 11.3 Å². The molecular formula is C19H23N3O3S. The lowest BCUT2D eigenvalue weighted by Gasteiger charge is -2.28. The Morgan fingerprint density at radius 2 is 2.15 bits per heavy atom. The number of ether oxygens (including phenoxy) is 1. The van der Waals surface area contributed by atoms with E-state index in [2.05, 4.69) is 24.1 Å². The molecule has 26 heavy (non-hydrogen) atoms. The molecule has 1 aromatic heterocycles. The molecule has 1 atom stereocenters. The number of carbonyl (C=O) groups is 2. The molecule has 0 saturated heterocycles. The monoisotopic (exact) mass is 373 g/mol. The van der Waals surface area contributed by atoms with Crippen molar-refractivity contribution in [1.82, 2.24) is 10.3 Å². The molecule has 1 aromatic carbocycles. The third-order valence-electron chi connectivity index (χ3n) is 4.49. The van der Waals surface area contributed by atoms with E-state index < -0.39 is 0 Å². The van der Waals surface area contributed by atoms with Crippen LogP contribution in [0.3, 0.4) is 0 Å². The fourth-order valence-electron chi connectivity index (χ4n) is 2.56. The van der Waals surface area contributed by atoms with E-state index in [1.807, 2.05) is 32.0 Å². The van der Waals surface area contributed by atoms with Crippen molar-refractivity contribution in [2.24, 2.45) is 5.92 Å². The van der Waals surface area contributed by atoms with E-state index in [1.54, 1.807) is 10.3 Å². The maximum absolute atomic E-state index is 12.3. The Morgan fingerprint density at radius 3 is 2.88 bits per heavy atom. The second kappa shape index (κ2) is 7.45. The van der Waals surface area contributed by atoms with Crippen LogP contribution in [-0.4, -0.2) is 29.4 Å². The van der Waals surface area contributed by atoms with Crippen LogP contribution in [-0.2, 0) is 11.3 Å². The number of aryl methyl sites for hydroxylation is 1. The van der Waals surface area contributed by atoms with Crippen molar-refractivity contribution in [2.45, 2.75) is 40.3 Å².